The average Bonchev–Trinajstić information content (AvgIpc) is 2.91. The Balaban J connectivity index is 1.17. The van der Waals surface area contributed by atoms with E-state index in [2.05, 4.69) is 34.9 Å². The van der Waals surface area contributed by atoms with Crippen molar-refractivity contribution in [3.05, 3.63) is 120 Å². The molecule has 0 radical (unpaired) electrons. The highest BCUT2D eigenvalue weighted by molar-refractivity contribution is 5.93. The highest BCUT2D eigenvalue weighted by Crippen LogP contribution is 2.19. The lowest BCUT2D eigenvalue weighted by Crippen LogP contribution is -2.21. The normalized spacial score (nSPS) is 10.4. The molecule has 0 aliphatic rings. The van der Waals surface area contributed by atoms with E-state index in [1.165, 1.54) is 5.56 Å². The third kappa shape index (κ3) is 8.23. The topological polar surface area (TPSA) is 59.6 Å². The first kappa shape index (κ1) is 23.9. The quantitative estimate of drug-likeness (QED) is 0.240. The van der Waals surface area contributed by atoms with Gasteiger partial charge in [0.15, 0.2) is 0 Å². The Morgan fingerprint density at radius 3 is 2.11 bits per heavy atom. The lowest BCUT2D eigenvalue weighted by molar-refractivity contribution is -0.114. The zero-order valence-electron chi connectivity index (χ0n) is 19.7. The van der Waals surface area contributed by atoms with Crippen LogP contribution in [-0.2, 0) is 17.8 Å². The first-order valence-electron chi connectivity index (χ1n) is 11.8. The van der Waals surface area contributed by atoms with Crippen LogP contribution in [0.4, 0.5) is 11.4 Å². The summed E-state index contributed by atoms with van der Waals surface area (Å²) < 4.78 is 11.7. The van der Waals surface area contributed by atoms with Gasteiger partial charge in [0.2, 0.25) is 5.91 Å². The Bertz CT molecular complexity index is 1180. The van der Waals surface area contributed by atoms with E-state index in [9.17, 15) is 4.79 Å². The molecule has 1 amide bonds. The largest absolute Gasteiger partial charge is 0.494 e. The van der Waals surface area contributed by atoms with Gasteiger partial charge in [-0.15, -0.1) is 0 Å². The van der Waals surface area contributed by atoms with Gasteiger partial charge >= 0.3 is 0 Å². The Morgan fingerprint density at radius 1 is 0.657 bits per heavy atom. The molecular weight excluding hydrogens is 436 g/mol. The summed E-state index contributed by atoms with van der Waals surface area (Å²) >= 11 is 0. The fourth-order valence-electron chi connectivity index (χ4n) is 3.57. The van der Waals surface area contributed by atoms with Gasteiger partial charge in [-0.1, -0.05) is 66.7 Å². The summed E-state index contributed by atoms with van der Waals surface area (Å²) in [5.74, 6) is 1.41. The van der Waals surface area contributed by atoms with Crippen molar-refractivity contribution < 1.29 is 14.3 Å². The standard InChI is InChI=1S/C30H30N2O3/c33-30(22-31-27-14-7-15-29(21-27)35-23-25-11-5-2-6-12-25)32-26-16-18-28(19-17-26)34-20-8-13-24-9-3-1-4-10-24/h1-7,9-12,14-19,21,31H,8,13,20,22-23H2,(H,32,33). The molecule has 4 aromatic carbocycles. The van der Waals surface area contributed by atoms with Crippen molar-refractivity contribution >= 4 is 17.3 Å². The van der Waals surface area contributed by atoms with Crippen LogP contribution in [0.3, 0.4) is 0 Å². The molecule has 0 aliphatic heterocycles. The van der Waals surface area contributed by atoms with Gasteiger partial charge in [-0.05, 0) is 60.4 Å². The van der Waals surface area contributed by atoms with Crippen molar-refractivity contribution in [3.63, 3.8) is 0 Å². The minimum absolute atomic E-state index is 0.128. The van der Waals surface area contributed by atoms with E-state index in [1.807, 2.05) is 84.9 Å². The number of hydrogen-bond donors (Lipinski definition) is 2. The number of nitrogens with one attached hydrogen (secondary N) is 2. The summed E-state index contributed by atoms with van der Waals surface area (Å²) in [5.41, 5.74) is 3.97. The van der Waals surface area contributed by atoms with Gasteiger partial charge in [0, 0.05) is 17.4 Å². The first-order valence-corrected chi connectivity index (χ1v) is 11.8. The second kappa shape index (κ2) is 12.8. The molecule has 0 saturated heterocycles. The minimum Gasteiger partial charge on any atom is -0.494 e. The van der Waals surface area contributed by atoms with Crippen LogP contribution >= 0.6 is 0 Å². The van der Waals surface area contributed by atoms with Crippen LogP contribution in [-0.4, -0.2) is 19.1 Å². The monoisotopic (exact) mass is 466 g/mol. The molecule has 5 nitrogen and oxygen atoms in total. The molecule has 0 atom stereocenters. The van der Waals surface area contributed by atoms with Crippen LogP contribution in [0.5, 0.6) is 11.5 Å². The van der Waals surface area contributed by atoms with Crippen molar-refractivity contribution in [1.82, 2.24) is 0 Å². The summed E-state index contributed by atoms with van der Waals surface area (Å²) in [6.07, 6.45) is 1.94. The van der Waals surface area contributed by atoms with E-state index in [-0.39, 0.29) is 12.5 Å². The van der Waals surface area contributed by atoms with Crippen LogP contribution < -0.4 is 20.1 Å². The molecule has 0 fully saturated rings. The zero-order valence-corrected chi connectivity index (χ0v) is 19.7. The van der Waals surface area contributed by atoms with Gasteiger partial charge in [0.1, 0.15) is 18.1 Å². The molecule has 0 saturated carbocycles. The number of ether oxygens (including phenoxy) is 2. The van der Waals surface area contributed by atoms with Gasteiger partial charge in [-0.3, -0.25) is 4.79 Å². The fraction of sp³-hybridized carbons (Fsp3) is 0.167. The molecule has 2 N–H and O–H groups in total. The molecule has 4 rings (SSSR count). The second-order valence-electron chi connectivity index (χ2n) is 8.17. The van der Waals surface area contributed by atoms with E-state index < -0.39 is 0 Å². The highest BCUT2D eigenvalue weighted by atomic mass is 16.5. The maximum atomic E-state index is 12.4. The number of benzene rings is 4. The molecule has 0 aromatic heterocycles. The summed E-state index contributed by atoms with van der Waals surface area (Å²) in [4.78, 5) is 12.4. The minimum atomic E-state index is -0.128. The lowest BCUT2D eigenvalue weighted by Gasteiger charge is -2.11. The Hall–Kier alpha value is -4.25. The predicted octanol–water partition coefficient (Wildman–Crippen LogP) is 6.33. The Labute approximate surface area is 206 Å². The summed E-state index contributed by atoms with van der Waals surface area (Å²) in [6, 6.07) is 35.4. The van der Waals surface area contributed by atoms with Crippen molar-refractivity contribution in [2.24, 2.45) is 0 Å². The summed E-state index contributed by atoms with van der Waals surface area (Å²) in [7, 11) is 0. The molecule has 0 spiro atoms. The Kier molecular flexibility index (Phi) is 8.77. The smallest absolute Gasteiger partial charge is 0.243 e. The second-order valence-corrected chi connectivity index (χ2v) is 8.17. The molecular formula is C30H30N2O3. The molecule has 0 bridgehead atoms. The average molecular weight is 467 g/mol. The van der Waals surface area contributed by atoms with Crippen LogP contribution in [0, 0.1) is 0 Å². The van der Waals surface area contributed by atoms with Crippen LogP contribution in [0.25, 0.3) is 0 Å². The summed E-state index contributed by atoms with van der Waals surface area (Å²) in [6.45, 7) is 1.30. The number of carbonyl (C=O) groups is 1. The molecule has 178 valence electrons. The van der Waals surface area contributed by atoms with E-state index in [0.717, 1.165) is 41.3 Å². The lowest BCUT2D eigenvalue weighted by atomic mass is 10.1. The first-order chi connectivity index (χ1) is 17.2. The third-order valence-corrected chi connectivity index (χ3v) is 5.39. The van der Waals surface area contributed by atoms with Gasteiger partial charge in [0.25, 0.3) is 0 Å². The van der Waals surface area contributed by atoms with Crippen molar-refractivity contribution in [2.45, 2.75) is 19.4 Å². The number of rotatable bonds is 12. The number of aryl methyl sites for hydroxylation is 1. The van der Waals surface area contributed by atoms with Crippen molar-refractivity contribution in [2.75, 3.05) is 23.8 Å². The maximum absolute atomic E-state index is 12.4. The van der Waals surface area contributed by atoms with Crippen LogP contribution in [0.1, 0.15) is 17.5 Å². The molecule has 0 unspecified atom stereocenters. The van der Waals surface area contributed by atoms with E-state index >= 15 is 0 Å². The number of hydrogen-bond acceptors (Lipinski definition) is 4. The van der Waals surface area contributed by atoms with Gasteiger partial charge in [-0.25, -0.2) is 0 Å². The fourth-order valence-corrected chi connectivity index (χ4v) is 3.57. The molecule has 0 aliphatic carbocycles. The molecule has 4 aromatic rings. The molecule has 0 heterocycles. The van der Waals surface area contributed by atoms with E-state index in [4.69, 9.17) is 9.47 Å². The number of carbonyl (C=O) groups excluding carboxylic acids is 1. The summed E-state index contributed by atoms with van der Waals surface area (Å²) in [5, 5.41) is 6.05. The Morgan fingerprint density at radius 2 is 1.37 bits per heavy atom. The van der Waals surface area contributed by atoms with Crippen LogP contribution in [0.2, 0.25) is 0 Å². The van der Waals surface area contributed by atoms with Crippen molar-refractivity contribution in [3.8, 4) is 11.5 Å². The number of anilines is 2. The van der Waals surface area contributed by atoms with Crippen LogP contribution in [0.15, 0.2) is 109 Å². The molecule has 5 heteroatoms. The third-order valence-electron chi connectivity index (χ3n) is 5.39. The van der Waals surface area contributed by atoms with Gasteiger partial charge < -0.3 is 20.1 Å². The maximum Gasteiger partial charge on any atom is 0.243 e. The predicted molar refractivity (Wildman–Crippen MR) is 141 cm³/mol. The highest BCUT2D eigenvalue weighted by Gasteiger charge is 2.04. The zero-order chi connectivity index (χ0) is 24.1. The van der Waals surface area contributed by atoms with Gasteiger partial charge in [-0.2, -0.15) is 0 Å². The van der Waals surface area contributed by atoms with Crippen molar-refractivity contribution in [1.29, 1.82) is 0 Å². The SMILES string of the molecule is O=C(CNc1cccc(OCc2ccccc2)c1)Nc1ccc(OCCCc2ccccc2)cc1. The van der Waals surface area contributed by atoms with Gasteiger partial charge in [0.05, 0.1) is 13.2 Å². The van der Waals surface area contributed by atoms with E-state index in [1.54, 1.807) is 0 Å². The number of amides is 1. The van der Waals surface area contributed by atoms with E-state index in [0.29, 0.717) is 13.2 Å². The molecule has 35 heavy (non-hydrogen) atoms.